The maximum Gasteiger partial charge on any atom is 0.225 e. The monoisotopic (exact) mass is 329 g/mol. The number of allylic oxidation sites excluding steroid dienone is 1. The highest BCUT2D eigenvalue weighted by atomic mass is 16.6. The Morgan fingerprint density at radius 1 is 1.04 bits per heavy atom. The minimum absolute atomic E-state index is 0.211. The second kappa shape index (κ2) is 6.47. The lowest BCUT2D eigenvalue weighted by atomic mass is 9.96. The summed E-state index contributed by atoms with van der Waals surface area (Å²) < 4.78 is 22.0. The lowest BCUT2D eigenvalue weighted by Crippen LogP contribution is -2.24. The number of carbonyl (C=O) groups excluding carboxylic acids is 1. The second-order valence-corrected chi connectivity index (χ2v) is 5.81. The highest BCUT2D eigenvalue weighted by molar-refractivity contribution is 6.06. The minimum atomic E-state index is -0.211. The van der Waals surface area contributed by atoms with Crippen molar-refractivity contribution in [3.63, 3.8) is 0 Å². The quantitative estimate of drug-likeness (QED) is 0.835. The van der Waals surface area contributed by atoms with Crippen molar-refractivity contribution < 1.29 is 23.7 Å². The van der Waals surface area contributed by atoms with E-state index < -0.39 is 0 Å². The van der Waals surface area contributed by atoms with Crippen LogP contribution in [0, 0.1) is 0 Å². The molecule has 0 radical (unpaired) electrons. The molecule has 0 spiro atoms. The van der Waals surface area contributed by atoms with E-state index in [1.54, 1.807) is 6.08 Å². The number of fused-ring (bicyclic) bond motifs is 2. The van der Waals surface area contributed by atoms with Crippen molar-refractivity contribution >= 4 is 11.5 Å². The van der Waals surface area contributed by atoms with Gasteiger partial charge in [0.1, 0.15) is 19.5 Å². The zero-order chi connectivity index (χ0) is 16.4. The summed E-state index contributed by atoms with van der Waals surface area (Å²) in [5, 5.41) is 3.29. The Morgan fingerprint density at radius 2 is 1.88 bits per heavy atom. The van der Waals surface area contributed by atoms with Crippen LogP contribution in [0.3, 0.4) is 0 Å². The van der Waals surface area contributed by atoms with Gasteiger partial charge in [0.2, 0.25) is 11.5 Å². The summed E-state index contributed by atoms with van der Waals surface area (Å²) in [7, 11) is 0. The van der Waals surface area contributed by atoms with E-state index in [9.17, 15) is 4.79 Å². The van der Waals surface area contributed by atoms with Gasteiger partial charge in [-0.15, -0.1) is 0 Å². The molecule has 4 rings (SSSR count). The van der Waals surface area contributed by atoms with Gasteiger partial charge in [-0.25, -0.2) is 0 Å². The summed E-state index contributed by atoms with van der Waals surface area (Å²) in [6.07, 6.45) is 4.67. The summed E-state index contributed by atoms with van der Waals surface area (Å²) in [6.45, 7) is 2.93. The van der Waals surface area contributed by atoms with Gasteiger partial charge in [0.05, 0.1) is 13.2 Å². The lowest BCUT2D eigenvalue weighted by Gasteiger charge is -2.23. The van der Waals surface area contributed by atoms with E-state index in [1.165, 1.54) is 6.26 Å². The van der Waals surface area contributed by atoms with Crippen LogP contribution in [0.4, 0.5) is 0 Å². The number of hydrogen-bond donors (Lipinski definition) is 1. The van der Waals surface area contributed by atoms with Crippen molar-refractivity contribution in [2.45, 2.75) is 12.8 Å². The fourth-order valence-electron chi connectivity index (χ4n) is 2.96. The van der Waals surface area contributed by atoms with Crippen LogP contribution >= 0.6 is 0 Å². The van der Waals surface area contributed by atoms with Gasteiger partial charge in [-0.2, -0.15) is 0 Å². The molecule has 1 N–H and O–H groups in total. The van der Waals surface area contributed by atoms with E-state index in [0.717, 1.165) is 47.7 Å². The third-order valence-corrected chi connectivity index (χ3v) is 4.14. The van der Waals surface area contributed by atoms with E-state index in [2.05, 4.69) is 5.32 Å². The molecule has 0 atom stereocenters. The van der Waals surface area contributed by atoms with Crippen molar-refractivity contribution in [3.05, 3.63) is 41.4 Å². The molecule has 0 aromatic heterocycles. The molecule has 3 aliphatic rings. The first-order chi connectivity index (χ1) is 11.8. The van der Waals surface area contributed by atoms with Gasteiger partial charge in [0.15, 0.2) is 11.5 Å². The molecule has 126 valence electrons. The molecule has 6 nitrogen and oxygen atoms in total. The van der Waals surface area contributed by atoms with Gasteiger partial charge in [-0.1, -0.05) is 0 Å². The molecule has 0 saturated carbocycles. The van der Waals surface area contributed by atoms with E-state index >= 15 is 0 Å². The van der Waals surface area contributed by atoms with Gasteiger partial charge >= 0.3 is 0 Å². The summed E-state index contributed by atoms with van der Waals surface area (Å²) in [5.41, 5.74) is 2.88. The second-order valence-electron chi connectivity index (χ2n) is 5.81. The molecule has 6 heteroatoms. The molecule has 0 fully saturated rings. The van der Waals surface area contributed by atoms with Gasteiger partial charge in [-0.3, -0.25) is 4.79 Å². The topological polar surface area (TPSA) is 66.0 Å². The Hall–Kier alpha value is -2.63. The number of benzene rings is 1. The van der Waals surface area contributed by atoms with Crippen LogP contribution in [0.25, 0.3) is 5.70 Å². The van der Waals surface area contributed by atoms with Crippen LogP contribution in [0.1, 0.15) is 17.5 Å². The minimum Gasteiger partial charge on any atom is -0.494 e. The average molecular weight is 329 g/mol. The Morgan fingerprint density at radius 3 is 2.67 bits per heavy atom. The van der Waals surface area contributed by atoms with Crippen molar-refractivity contribution in [2.75, 3.05) is 33.0 Å². The molecule has 1 aromatic rings. The van der Waals surface area contributed by atoms with E-state index in [0.29, 0.717) is 26.4 Å². The summed E-state index contributed by atoms with van der Waals surface area (Å²) in [5.74, 6) is 1.53. The molecule has 0 aliphatic carbocycles. The number of ether oxygens (including phenoxy) is 4. The first kappa shape index (κ1) is 14.9. The van der Waals surface area contributed by atoms with Crippen molar-refractivity contribution in [2.24, 2.45) is 0 Å². The van der Waals surface area contributed by atoms with Crippen LogP contribution in [0.5, 0.6) is 11.5 Å². The van der Waals surface area contributed by atoms with Crippen molar-refractivity contribution in [1.82, 2.24) is 5.32 Å². The fraction of sp³-hybridized carbons (Fsp3) is 0.389. The normalized spacial score (nSPS) is 20.7. The molecule has 0 amide bonds. The Labute approximate surface area is 140 Å². The first-order valence-corrected chi connectivity index (χ1v) is 8.18. The van der Waals surface area contributed by atoms with Gasteiger partial charge in [0.25, 0.3) is 0 Å². The number of carbonyl (C=O) groups is 1. The molecule has 1 aromatic carbocycles. The molecule has 0 unspecified atom stereocenters. The Kier molecular flexibility index (Phi) is 4.02. The van der Waals surface area contributed by atoms with Crippen LogP contribution in [-0.2, 0) is 20.7 Å². The van der Waals surface area contributed by atoms with Gasteiger partial charge in [0, 0.05) is 30.3 Å². The third kappa shape index (κ3) is 2.91. The number of hydrogen-bond acceptors (Lipinski definition) is 6. The SMILES string of the molecule is O=C(C=C1NCCc2cc3c(cc21)OCCCO3)C1=COCCO1. The van der Waals surface area contributed by atoms with Crippen molar-refractivity contribution in [3.8, 4) is 11.5 Å². The van der Waals surface area contributed by atoms with E-state index in [1.807, 2.05) is 12.1 Å². The van der Waals surface area contributed by atoms with Crippen LogP contribution < -0.4 is 14.8 Å². The average Bonchev–Trinajstić information content (AvgIpc) is 2.86. The van der Waals surface area contributed by atoms with Crippen LogP contribution in [0.2, 0.25) is 0 Å². The largest absolute Gasteiger partial charge is 0.494 e. The van der Waals surface area contributed by atoms with Crippen LogP contribution in [-0.4, -0.2) is 38.8 Å². The zero-order valence-corrected chi connectivity index (χ0v) is 13.3. The maximum atomic E-state index is 12.4. The van der Waals surface area contributed by atoms with Crippen LogP contribution in [0.15, 0.2) is 30.2 Å². The first-order valence-electron chi connectivity index (χ1n) is 8.18. The summed E-state index contributed by atoms with van der Waals surface area (Å²) in [4.78, 5) is 12.4. The lowest BCUT2D eigenvalue weighted by molar-refractivity contribution is -0.115. The smallest absolute Gasteiger partial charge is 0.225 e. The number of ketones is 1. The number of rotatable bonds is 2. The molecule has 0 bridgehead atoms. The predicted octanol–water partition coefficient (Wildman–Crippen LogP) is 1.79. The van der Waals surface area contributed by atoms with Crippen molar-refractivity contribution in [1.29, 1.82) is 0 Å². The number of nitrogens with one attached hydrogen (secondary N) is 1. The highest BCUT2D eigenvalue weighted by Gasteiger charge is 2.22. The van der Waals surface area contributed by atoms with Gasteiger partial charge < -0.3 is 24.3 Å². The molecule has 24 heavy (non-hydrogen) atoms. The summed E-state index contributed by atoms with van der Waals surface area (Å²) >= 11 is 0. The molecule has 0 saturated heterocycles. The molecule has 3 heterocycles. The molecular weight excluding hydrogens is 310 g/mol. The maximum absolute atomic E-state index is 12.4. The Balaban J connectivity index is 1.67. The predicted molar refractivity (Wildman–Crippen MR) is 86.7 cm³/mol. The Bertz CT molecular complexity index is 722. The summed E-state index contributed by atoms with van der Waals surface area (Å²) in [6, 6.07) is 3.97. The van der Waals surface area contributed by atoms with Gasteiger partial charge in [-0.05, 0) is 24.1 Å². The third-order valence-electron chi connectivity index (χ3n) is 4.14. The zero-order valence-electron chi connectivity index (χ0n) is 13.3. The fourth-order valence-corrected chi connectivity index (χ4v) is 2.96. The van der Waals surface area contributed by atoms with E-state index in [-0.39, 0.29) is 11.5 Å². The standard InChI is InChI=1S/C18H19NO5/c20-15(18-11-21-6-7-24-18)10-14-13-9-17-16(22-4-1-5-23-17)8-12(13)2-3-19-14/h8-11,19H,1-7H2. The highest BCUT2D eigenvalue weighted by Crippen LogP contribution is 2.36. The molecular formula is C18H19NO5. The molecule has 3 aliphatic heterocycles. The van der Waals surface area contributed by atoms with E-state index in [4.69, 9.17) is 18.9 Å².